The first-order chi connectivity index (χ1) is 13.6. The summed E-state index contributed by atoms with van der Waals surface area (Å²) in [5, 5.41) is 0. The van der Waals surface area contributed by atoms with Crippen LogP contribution in [0.15, 0.2) is 36.4 Å². The zero-order valence-electron chi connectivity index (χ0n) is 16.7. The standard InChI is InChI=1S/C21H28N6O/c1-17(28)25-12-14-26(15-13-25)20-16-19(18-6-4-3-5-7-18)22-21(23-20)27-10-8-24(2)9-11-27/h3-7,16H,8-15H2,1-2H3. The summed E-state index contributed by atoms with van der Waals surface area (Å²) < 4.78 is 0. The van der Waals surface area contributed by atoms with Crippen molar-refractivity contribution in [2.75, 3.05) is 69.2 Å². The smallest absolute Gasteiger partial charge is 0.227 e. The van der Waals surface area contributed by atoms with E-state index >= 15 is 0 Å². The Hall–Kier alpha value is -2.67. The van der Waals surface area contributed by atoms with Gasteiger partial charge in [-0.25, -0.2) is 4.98 Å². The Morgan fingerprint density at radius 3 is 2.14 bits per heavy atom. The third-order valence-corrected chi connectivity index (χ3v) is 5.61. The molecule has 1 aromatic carbocycles. The summed E-state index contributed by atoms with van der Waals surface area (Å²) in [5.74, 6) is 1.90. The molecular weight excluding hydrogens is 352 g/mol. The molecule has 0 aliphatic carbocycles. The molecule has 0 bridgehead atoms. The summed E-state index contributed by atoms with van der Waals surface area (Å²) in [4.78, 5) is 30.2. The average Bonchev–Trinajstić information content (AvgIpc) is 2.74. The summed E-state index contributed by atoms with van der Waals surface area (Å²) in [6.07, 6.45) is 0. The number of carbonyl (C=O) groups excluding carboxylic acids is 1. The highest BCUT2D eigenvalue weighted by Gasteiger charge is 2.23. The maximum absolute atomic E-state index is 11.6. The van der Waals surface area contributed by atoms with Crippen LogP contribution in [0.25, 0.3) is 11.3 Å². The molecule has 28 heavy (non-hydrogen) atoms. The minimum absolute atomic E-state index is 0.144. The Balaban J connectivity index is 1.64. The van der Waals surface area contributed by atoms with Crippen molar-refractivity contribution in [3.05, 3.63) is 36.4 Å². The van der Waals surface area contributed by atoms with Crippen molar-refractivity contribution in [3.8, 4) is 11.3 Å². The lowest BCUT2D eigenvalue weighted by Gasteiger charge is -2.36. The molecule has 2 fully saturated rings. The topological polar surface area (TPSA) is 55.8 Å². The van der Waals surface area contributed by atoms with Crippen LogP contribution in [0.2, 0.25) is 0 Å². The van der Waals surface area contributed by atoms with Crippen molar-refractivity contribution in [1.29, 1.82) is 0 Å². The van der Waals surface area contributed by atoms with Gasteiger partial charge in [0.1, 0.15) is 5.82 Å². The Morgan fingerprint density at radius 1 is 0.857 bits per heavy atom. The van der Waals surface area contributed by atoms with E-state index in [0.29, 0.717) is 0 Å². The fourth-order valence-electron chi connectivity index (χ4n) is 3.74. The van der Waals surface area contributed by atoms with Crippen LogP contribution in [0.1, 0.15) is 6.92 Å². The number of benzene rings is 1. The summed E-state index contributed by atoms with van der Waals surface area (Å²) in [7, 11) is 2.15. The second-order valence-corrected chi connectivity index (χ2v) is 7.56. The van der Waals surface area contributed by atoms with Crippen molar-refractivity contribution < 1.29 is 4.79 Å². The van der Waals surface area contributed by atoms with Crippen LogP contribution in [0.5, 0.6) is 0 Å². The number of anilines is 2. The molecular formula is C21H28N6O. The first-order valence-corrected chi connectivity index (χ1v) is 9.98. The molecule has 0 spiro atoms. The Kier molecular flexibility index (Phi) is 5.43. The van der Waals surface area contributed by atoms with Crippen molar-refractivity contribution in [1.82, 2.24) is 19.8 Å². The van der Waals surface area contributed by atoms with Crippen molar-refractivity contribution in [3.63, 3.8) is 0 Å². The van der Waals surface area contributed by atoms with Crippen LogP contribution in [0.3, 0.4) is 0 Å². The first kappa shape index (κ1) is 18.7. The van der Waals surface area contributed by atoms with Gasteiger partial charge in [0.15, 0.2) is 0 Å². The lowest BCUT2D eigenvalue weighted by molar-refractivity contribution is -0.129. The van der Waals surface area contributed by atoms with Gasteiger partial charge in [0.05, 0.1) is 5.69 Å². The first-order valence-electron chi connectivity index (χ1n) is 9.98. The quantitative estimate of drug-likeness (QED) is 0.806. The predicted octanol–water partition coefficient (Wildman–Crippen LogP) is 1.56. The molecule has 148 valence electrons. The van der Waals surface area contributed by atoms with Crippen molar-refractivity contribution >= 4 is 17.7 Å². The molecule has 0 N–H and O–H groups in total. The third-order valence-electron chi connectivity index (χ3n) is 5.61. The fraction of sp³-hybridized carbons (Fsp3) is 0.476. The van der Waals surface area contributed by atoms with E-state index in [9.17, 15) is 4.79 Å². The van der Waals surface area contributed by atoms with E-state index in [2.05, 4.69) is 39.9 Å². The van der Waals surface area contributed by atoms with E-state index < -0.39 is 0 Å². The molecule has 0 saturated carbocycles. The summed E-state index contributed by atoms with van der Waals surface area (Å²) in [5.41, 5.74) is 2.05. The molecule has 2 aliphatic heterocycles. The molecule has 4 rings (SSSR count). The number of likely N-dealkylation sites (N-methyl/N-ethyl adjacent to an activating group) is 1. The number of rotatable bonds is 3. The molecule has 2 aliphatic rings. The van der Waals surface area contributed by atoms with E-state index in [1.165, 1.54) is 0 Å². The van der Waals surface area contributed by atoms with Gasteiger partial charge in [0, 0.05) is 70.9 Å². The molecule has 1 aromatic heterocycles. The summed E-state index contributed by atoms with van der Waals surface area (Å²) in [6, 6.07) is 12.4. The van der Waals surface area contributed by atoms with Gasteiger partial charge in [-0.3, -0.25) is 4.79 Å². The van der Waals surface area contributed by atoms with Gasteiger partial charge in [0.25, 0.3) is 0 Å². The number of nitrogens with zero attached hydrogens (tertiary/aromatic N) is 6. The van der Waals surface area contributed by atoms with Crippen LogP contribution in [-0.2, 0) is 4.79 Å². The SMILES string of the molecule is CC(=O)N1CCN(c2cc(-c3ccccc3)nc(N3CCN(C)CC3)n2)CC1. The average molecular weight is 380 g/mol. The monoisotopic (exact) mass is 380 g/mol. The number of piperazine rings is 2. The zero-order chi connectivity index (χ0) is 19.5. The number of hydrogen-bond donors (Lipinski definition) is 0. The molecule has 0 atom stereocenters. The van der Waals surface area contributed by atoms with E-state index in [-0.39, 0.29) is 5.91 Å². The van der Waals surface area contributed by atoms with Crippen LogP contribution < -0.4 is 9.80 Å². The molecule has 7 heteroatoms. The number of aromatic nitrogens is 2. The van der Waals surface area contributed by atoms with Gasteiger partial charge >= 0.3 is 0 Å². The third kappa shape index (κ3) is 4.09. The lowest BCUT2D eigenvalue weighted by atomic mass is 10.1. The van der Waals surface area contributed by atoms with Crippen molar-refractivity contribution in [2.24, 2.45) is 0 Å². The molecule has 2 saturated heterocycles. The van der Waals surface area contributed by atoms with Crippen LogP contribution >= 0.6 is 0 Å². The summed E-state index contributed by atoms with van der Waals surface area (Å²) in [6.45, 7) is 8.63. The van der Waals surface area contributed by atoms with Gasteiger partial charge in [0.2, 0.25) is 11.9 Å². The van der Waals surface area contributed by atoms with Gasteiger partial charge in [-0.1, -0.05) is 30.3 Å². The highest BCUT2D eigenvalue weighted by Crippen LogP contribution is 2.26. The maximum Gasteiger partial charge on any atom is 0.227 e. The molecule has 0 unspecified atom stereocenters. The van der Waals surface area contributed by atoms with Gasteiger partial charge in [-0.15, -0.1) is 0 Å². The number of amides is 1. The van der Waals surface area contributed by atoms with Crippen LogP contribution in [0, 0.1) is 0 Å². The second kappa shape index (κ2) is 8.14. The number of carbonyl (C=O) groups is 1. The molecule has 1 amide bonds. The second-order valence-electron chi connectivity index (χ2n) is 7.56. The molecule has 0 radical (unpaired) electrons. The highest BCUT2D eigenvalue weighted by atomic mass is 16.2. The Morgan fingerprint density at radius 2 is 1.50 bits per heavy atom. The maximum atomic E-state index is 11.6. The fourth-order valence-corrected chi connectivity index (χ4v) is 3.74. The Labute approximate surface area is 166 Å². The predicted molar refractivity (Wildman–Crippen MR) is 112 cm³/mol. The molecule has 2 aromatic rings. The van der Waals surface area contributed by atoms with Gasteiger partial charge < -0.3 is 19.6 Å². The van der Waals surface area contributed by atoms with Gasteiger partial charge in [-0.05, 0) is 7.05 Å². The largest absolute Gasteiger partial charge is 0.353 e. The van der Waals surface area contributed by atoms with E-state index in [1.54, 1.807) is 6.92 Å². The van der Waals surface area contributed by atoms with Crippen LogP contribution in [0.4, 0.5) is 11.8 Å². The van der Waals surface area contributed by atoms with E-state index in [4.69, 9.17) is 9.97 Å². The lowest BCUT2D eigenvalue weighted by Crippen LogP contribution is -2.48. The molecule has 7 nitrogen and oxygen atoms in total. The molecule has 3 heterocycles. The zero-order valence-corrected chi connectivity index (χ0v) is 16.7. The Bertz CT molecular complexity index is 811. The normalized spacial score (nSPS) is 18.4. The highest BCUT2D eigenvalue weighted by molar-refractivity contribution is 5.73. The minimum atomic E-state index is 0.144. The minimum Gasteiger partial charge on any atom is -0.353 e. The van der Waals surface area contributed by atoms with Crippen molar-refractivity contribution in [2.45, 2.75) is 6.92 Å². The van der Waals surface area contributed by atoms with E-state index in [0.717, 1.165) is 75.4 Å². The van der Waals surface area contributed by atoms with E-state index in [1.807, 2.05) is 23.1 Å². The number of hydrogen-bond acceptors (Lipinski definition) is 6. The van der Waals surface area contributed by atoms with Crippen LogP contribution in [-0.4, -0.2) is 85.1 Å². The van der Waals surface area contributed by atoms with Gasteiger partial charge in [-0.2, -0.15) is 4.98 Å². The summed E-state index contributed by atoms with van der Waals surface area (Å²) >= 11 is 0.